The third-order valence-electron chi connectivity index (χ3n) is 5.50. The monoisotopic (exact) mass is 362 g/mol. The second kappa shape index (κ2) is 8.62. The van der Waals surface area contributed by atoms with Crippen LogP contribution in [-0.4, -0.2) is 41.0 Å². The molecule has 2 aliphatic rings. The quantitative estimate of drug-likeness (QED) is 0.846. The number of hydrogen-bond acceptors (Lipinski definition) is 3. The Morgan fingerprint density at radius 2 is 1.96 bits per heavy atom. The fraction of sp³-hybridized carbons (Fsp3) is 0.600. The van der Waals surface area contributed by atoms with Crippen molar-refractivity contribution < 1.29 is 19.1 Å². The standard InChI is InChI=1S/C20H27FN2O3/c21-16-9-4-8-15(12-16)18(24)13-22-19(25)17-10-5-11-23(17)20(26)14-6-2-1-3-7-14/h4,8-9,12,14,17-18,24H,1-3,5-7,10-11,13H2,(H,22,25). The zero-order chi connectivity index (χ0) is 18.5. The second-order valence-corrected chi connectivity index (χ2v) is 7.34. The van der Waals surface area contributed by atoms with Gasteiger partial charge in [0.05, 0.1) is 6.10 Å². The molecule has 1 aromatic rings. The van der Waals surface area contributed by atoms with E-state index in [1.54, 1.807) is 11.0 Å². The Kier molecular flexibility index (Phi) is 6.25. The molecule has 1 aromatic carbocycles. The van der Waals surface area contributed by atoms with Crippen molar-refractivity contribution in [3.05, 3.63) is 35.6 Å². The Bertz CT molecular complexity index is 646. The molecule has 0 spiro atoms. The SMILES string of the molecule is O=C(NCC(O)c1cccc(F)c1)C1CCCN1C(=O)C1CCCCC1. The lowest BCUT2D eigenvalue weighted by Gasteiger charge is -2.30. The van der Waals surface area contributed by atoms with Crippen molar-refractivity contribution in [1.82, 2.24) is 10.2 Å². The number of rotatable bonds is 5. The van der Waals surface area contributed by atoms with Crippen LogP contribution in [0.5, 0.6) is 0 Å². The number of nitrogens with zero attached hydrogens (tertiary/aromatic N) is 1. The van der Waals surface area contributed by atoms with Crippen molar-refractivity contribution in [3.8, 4) is 0 Å². The van der Waals surface area contributed by atoms with E-state index in [0.29, 0.717) is 18.5 Å². The largest absolute Gasteiger partial charge is 0.387 e. The van der Waals surface area contributed by atoms with Crippen LogP contribution in [0.3, 0.4) is 0 Å². The van der Waals surface area contributed by atoms with Crippen LogP contribution in [0.25, 0.3) is 0 Å². The summed E-state index contributed by atoms with van der Waals surface area (Å²) < 4.78 is 13.2. The number of aliphatic hydroxyl groups is 1. The van der Waals surface area contributed by atoms with E-state index >= 15 is 0 Å². The lowest BCUT2D eigenvalue weighted by Crippen LogP contribution is -2.48. The molecule has 2 atom stereocenters. The highest BCUT2D eigenvalue weighted by Gasteiger charge is 2.37. The van der Waals surface area contributed by atoms with Crippen LogP contribution >= 0.6 is 0 Å². The summed E-state index contributed by atoms with van der Waals surface area (Å²) >= 11 is 0. The fourth-order valence-electron chi connectivity index (χ4n) is 4.03. The summed E-state index contributed by atoms with van der Waals surface area (Å²) in [5, 5.41) is 12.9. The number of halogens is 1. The van der Waals surface area contributed by atoms with Gasteiger partial charge in [-0.05, 0) is 43.4 Å². The minimum atomic E-state index is -0.974. The van der Waals surface area contributed by atoms with E-state index < -0.39 is 18.0 Å². The van der Waals surface area contributed by atoms with Crippen molar-refractivity contribution in [2.24, 2.45) is 5.92 Å². The van der Waals surface area contributed by atoms with Crippen LogP contribution in [0.2, 0.25) is 0 Å². The summed E-state index contributed by atoms with van der Waals surface area (Å²) in [5.74, 6) is -0.502. The number of likely N-dealkylation sites (tertiary alicyclic amines) is 1. The van der Waals surface area contributed by atoms with Gasteiger partial charge in [-0.15, -0.1) is 0 Å². The van der Waals surface area contributed by atoms with Crippen LogP contribution in [0.15, 0.2) is 24.3 Å². The molecule has 142 valence electrons. The molecule has 26 heavy (non-hydrogen) atoms. The molecule has 1 aliphatic carbocycles. The second-order valence-electron chi connectivity index (χ2n) is 7.34. The molecule has 1 heterocycles. The van der Waals surface area contributed by atoms with Gasteiger partial charge in [0, 0.05) is 19.0 Å². The van der Waals surface area contributed by atoms with E-state index in [9.17, 15) is 19.1 Å². The zero-order valence-corrected chi connectivity index (χ0v) is 15.0. The molecule has 2 fully saturated rings. The van der Waals surface area contributed by atoms with Gasteiger partial charge in [-0.2, -0.15) is 0 Å². The molecule has 2 amide bonds. The van der Waals surface area contributed by atoms with Gasteiger partial charge in [0.25, 0.3) is 0 Å². The number of carbonyl (C=O) groups is 2. The van der Waals surface area contributed by atoms with E-state index in [1.165, 1.54) is 24.6 Å². The number of amides is 2. The third-order valence-corrected chi connectivity index (χ3v) is 5.50. The van der Waals surface area contributed by atoms with Crippen LogP contribution in [0, 0.1) is 11.7 Å². The Hall–Kier alpha value is -1.95. The van der Waals surface area contributed by atoms with Gasteiger partial charge in [0.1, 0.15) is 11.9 Å². The average molecular weight is 362 g/mol. The van der Waals surface area contributed by atoms with E-state index in [0.717, 1.165) is 32.1 Å². The topological polar surface area (TPSA) is 69.6 Å². The van der Waals surface area contributed by atoms with Crippen molar-refractivity contribution >= 4 is 11.8 Å². The molecule has 3 rings (SSSR count). The van der Waals surface area contributed by atoms with Gasteiger partial charge in [-0.1, -0.05) is 31.4 Å². The summed E-state index contributed by atoms with van der Waals surface area (Å²) in [7, 11) is 0. The fourth-order valence-corrected chi connectivity index (χ4v) is 4.03. The normalized spacial score (nSPS) is 22.2. The highest BCUT2D eigenvalue weighted by atomic mass is 19.1. The molecular weight excluding hydrogens is 335 g/mol. The van der Waals surface area contributed by atoms with Crippen molar-refractivity contribution in [2.45, 2.75) is 57.1 Å². The van der Waals surface area contributed by atoms with E-state index in [2.05, 4.69) is 5.32 Å². The van der Waals surface area contributed by atoms with Crippen LogP contribution in [-0.2, 0) is 9.59 Å². The third kappa shape index (κ3) is 4.41. The molecule has 2 N–H and O–H groups in total. The summed E-state index contributed by atoms with van der Waals surface area (Å²) in [5.41, 5.74) is 0.423. The van der Waals surface area contributed by atoms with Gasteiger partial charge >= 0.3 is 0 Å². The molecule has 0 bridgehead atoms. The predicted octanol–water partition coefficient (Wildman–Crippen LogP) is 2.55. The van der Waals surface area contributed by atoms with Crippen molar-refractivity contribution in [3.63, 3.8) is 0 Å². The Labute approximate surface area is 153 Å². The molecule has 0 aromatic heterocycles. The first-order valence-electron chi connectivity index (χ1n) is 9.58. The Morgan fingerprint density at radius 3 is 2.69 bits per heavy atom. The van der Waals surface area contributed by atoms with E-state index in [-0.39, 0.29) is 24.3 Å². The van der Waals surface area contributed by atoms with E-state index in [1.807, 2.05) is 0 Å². The summed E-state index contributed by atoms with van der Waals surface area (Å²) in [6.45, 7) is 0.629. The minimum absolute atomic E-state index is 0.00421. The average Bonchev–Trinajstić information content (AvgIpc) is 3.16. The maximum absolute atomic E-state index is 13.2. The molecule has 1 aliphatic heterocycles. The van der Waals surface area contributed by atoms with Crippen LogP contribution < -0.4 is 5.32 Å². The number of carbonyl (C=O) groups excluding carboxylic acids is 2. The maximum Gasteiger partial charge on any atom is 0.242 e. The zero-order valence-electron chi connectivity index (χ0n) is 15.0. The molecular formula is C20H27FN2O3. The molecule has 2 unspecified atom stereocenters. The van der Waals surface area contributed by atoms with Gasteiger partial charge < -0.3 is 15.3 Å². The highest BCUT2D eigenvalue weighted by Crippen LogP contribution is 2.29. The minimum Gasteiger partial charge on any atom is -0.387 e. The van der Waals surface area contributed by atoms with Gasteiger partial charge in [-0.3, -0.25) is 9.59 Å². The highest BCUT2D eigenvalue weighted by molar-refractivity contribution is 5.89. The van der Waals surface area contributed by atoms with Gasteiger partial charge in [0.2, 0.25) is 11.8 Å². The number of aliphatic hydroxyl groups excluding tert-OH is 1. The summed E-state index contributed by atoms with van der Waals surface area (Å²) in [4.78, 5) is 27.0. The predicted molar refractivity (Wildman–Crippen MR) is 95.7 cm³/mol. The van der Waals surface area contributed by atoms with Crippen molar-refractivity contribution in [2.75, 3.05) is 13.1 Å². The number of benzene rings is 1. The lowest BCUT2D eigenvalue weighted by molar-refractivity contribution is -0.142. The Balaban J connectivity index is 1.55. The van der Waals surface area contributed by atoms with Crippen LogP contribution in [0.1, 0.15) is 56.6 Å². The summed E-state index contributed by atoms with van der Waals surface area (Å²) in [6.07, 6.45) is 5.69. The molecule has 0 radical (unpaired) electrons. The lowest BCUT2D eigenvalue weighted by atomic mass is 9.88. The van der Waals surface area contributed by atoms with Crippen molar-refractivity contribution in [1.29, 1.82) is 0 Å². The maximum atomic E-state index is 13.2. The Morgan fingerprint density at radius 1 is 1.19 bits per heavy atom. The first-order valence-corrected chi connectivity index (χ1v) is 9.58. The first-order chi connectivity index (χ1) is 12.6. The molecule has 1 saturated heterocycles. The van der Waals surface area contributed by atoms with E-state index in [4.69, 9.17) is 0 Å². The first kappa shape index (κ1) is 18.8. The van der Waals surface area contributed by atoms with Crippen LogP contribution in [0.4, 0.5) is 4.39 Å². The smallest absolute Gasteiger partial charge is 0.242 e. The summed E-state index contributed by atoms with van der Waals surface area (Å²) in [6, 6.07) is 5.25. The number of hydrogen-bond donors (Lipinski definition) is 2. The van der Waals surface area contributed by atoms with Gasteiger partial charge in [-0.25, -0.2) is 4.39 Å². The molecule has 5 nitrogen and oxygen atoms in total. The number of nitrogens with one attached hydrogen (secondary N) is 1. The molecule has 6 heteroatoms. The van der Waals surface area contributed by atoms with Gasteiger partial charge in [0.15, 0.2) is 0 Å². The molecule has 1 saturated carbocycles.